The number of carbonyl (C=O) groups is 1. The van der Waals surface area contributed by atoms with Gasteiger partial charge >= 0.3 is 0 Å². The molecule has 0 saturated heterocycles. The van der Waals surface area contributed by atoms with E-state index in [1.54, 1.807) is 0 Å². The van der Waals surface area contributed by atoms with Crippen LogP contribution in [-0.2, 0) is 11.2 Å². The highest BCUT2D eigenvalue weighted by Gasteiger charge is 2.32. The van der Waals surface area contributed by atoms with Crippen LogP contribution in [0.2, 0.25) is 0 Å². The molecule has 1 aliphatic rings. The number of ether oxygens (including phenoxy) is 2. The van der Waals surface area contributed by atoms with Gasteiger partial charge < -0.3 is 19.7 Å². The molecular formula is C23H30N2O3. The van der Waals surface area contributed by atoms with Crippen LogP contribution >= 0.6 is 0 Å². The summed E-state index contributed by atoms with van der Waals surface area (Å²) >= 11 is 0. The smallest absolute Gasteiger partial charge is 0.262 e. The molecule has 0 unspecified atom stereocenters. The van der Waals surface area contributed by atoms with Crippen LogP contribution < -0.4 is 19.7 Å². The van der Waals surface area contributed by atoms with Crippen molar-refractivity contribution in [2.75, 3.05) is 29.9 Å². The van der Waals surface area contributed by atoms with Crippen LogP contribution in [-0.4, -0.2) is 31.2 Å². The number of carbonyl (C=O) groups excluding carboxylic acids is 1. The zero-order valence-electron chi connectivity index (χ0n) is 17.5. The van der Waals surface area contributed by atoms with Crippen molar-refractivity contribution in [3.63, 3.8) is 0 Å². The van der Waals surface area contributed by atoms with Gasteiger partial charge in [-0.1, -0.05) is 12.1 Å². The molecule has 1 heterocycles. The number of benzene rings is 2. The Bertz CT molecular complexity index is 857. The van der Waals surface area contributed by atoms with Crippen molar-refractivity contribution in [3.8, 4) is 11.5 Å². The van der Waals surface area contributed by atoms with Gasteiger partial charge in [-0.25, -0.2) is 0 Å². The van der Waals surface area contributed by atoms with Gasteiger partial charge in [0.15, 0.2) is 18.1 Å². The quantitative estimate of drug-likeness (QED) is 0.762. The Morgan fingerprint density at radius 1 is 1.21 bits per heavy atom. The lowest BCUT2D eigenvalue weighted by molar-refractivity contribution is -0.118. The summed E-state index contributed by atoms with van der Waals surface area (Å²) in [6, 6.07) is 11.9. The van der Waals surface area contributed by atoms with Crippen LogP contribution in [0.3, 0.4) is 0 Å². The fourth-order valence-electron chi connectivity index (χ4n) is 3.60. The SMILES string of the molecule is CCN(CC)c1ccc(NC(=O)COc2cccc3c2OC(C)(C)C3)c(C)c1. The summed E-state index contributed by atoms with van der Waals surface area (Å²) in [5, 5.41) is 2.94. The van der Waals surface area contributed by atoms with Crippen molar-refractivity contribution < 1.29 is 14.3 Å². The first kappa shape index (κ1) is 20.1. The van der Waals surface area contributed by atoms with Crippen molar-refractivity contribution in [2.24, 2.45) is 0 Å². The topological polar surface area (TPSA) is 50.8 Å². The molecule has 3 rings (SSSR count). The van der Waals surface area contributed by atoms with Gasteiger partial charge in [-0.3, -0.25) is 4.79 Å². The predicted octanol–water partition coefficient (Wildman–Crippen LogP) is 4.57. The molecule has 0 aromatic heterocycles. The first-order valence-electron chi connectivity index (χ1n) is 9.92. The molecule has 5 nitrogen and oxygen atoms in total. The molecule has 0 aliphatic carbocycles. The fourth-order valence-corrected chi connectivity index (χ4v) is 3.60. The lowest BCUT2D eigenvalue weighted by Gasteiger charge is -2.22. The number of hydrogen-bond donors (Lipinski definition) is 1. The van der Waals surface area contributed by atoms with Crippen LogP contribution in [0.4, 0.5) is 11.4 Å². The molecule has 2 aromatic rings. The maximum absolute atomic E-state index is 12.4. The van der Waals surface area contributed by atoms with E-state index in [1.165, 1.54) is 0 Å². The summed E-state index contributed by atoms with van der Waals surface area (Å²) in [5.74, 6) is 1.18. The lowest BCUT2D eigenvalue weighted by Crippen LogP contribution is -2.25. The second-order valence-corrected chi connectivity index (χ2v) is 7.79. The van der Waals surface area contributed by atoms with Crippen molar-refractivity contribution in [1.82, 2.24) is 0 Å². The Morgan fingerprint density at radius 2 is 1.96 bits per heavy atom. The van der Waals surface area contributed by atoms with Crippen LogP contribution in [0.5, 0.6) is 11.5 Å². The average molecular weight is 383 g/mol. The third-order valence-electron chi connectivity index (χ3n) is 5.03. The first-order chi connectivity index (χ1) is 13.3. The highest BCUT2D eigenvalue weighted by molar-refractivity contribution is 5.93. The van der Waals surface area contributed by atoms with E-state index in [0.29, 0.717) is 5.75 Å². The molecule has 1 amide bonds. The van der Waals surface area contributed by atoms with Gasteiger partial charge in [0, 0.05) is 36.4 Å². The Labute approximate surface area is 167 Å². The number of rotatable bonds is 7. The number of fused-ring (bicyclic) bond motifs is 1. The van der Waals surface area contributed by atoms with Crippen LogP contribution in [0.25, 0.3) is 0 Å². The molecule has 1 aliphatic heterocycles. The molecular weight excluding hydrogens is 352 g/mol. The zero-order valence-corrected chi connectivity index (χ0v) is 17.5. The maximum Gasteiger partial charge on any atom is 0.262 e. The monoisotopic (exact) mass is 382 g/mol. The fraction of sp³-hybridized carbons (Fsp3) is 0.435. The molecule has 28 heavy (non-hydrogen) atoms. The highest BCUT2D eigenvalue weighted by Crippen LogP contribution is 2.41. The molecule has 0 atom stereocenters. The van der Waals surface area contributed by atoms with Crippen molar-refractivity contribution in [3.05, 3.63) is 47.5 Å². The van der Waals surface area contributed by atoms with Gasteiger partial charge in [-0.05, 0) is 64.4 Å². The number of nitrogens with zero attached hydrogens (tertiary/aromatic N) is 1. The van der Waals surface area contributed by atoms with E-state index in [4.69, 9.17) is 9.47 Å². The molecule has 150 valence electrons. The van der Waals surface area contributed by atoms with Crippen LogP contribution in [0.1, 0.15) is 38.8 Å². The zero-order chi connectivity index (χ0) is 20.3. The minimum Gasteiger partial charge on any atom is -0.483 e. The van der Waals surface area contributed by atoms with E-state index in [1.807, 2.05) is 51.1 Å². The van der Waals surface area contributed by atoms with Gasteiger partial charge in [0.2, 0.25) is 0 Å². The van der Waals surface area contributed by atoms with Gasteiger partial charge in [0.05, 0.1) is 0 Å². The van der Waals surface area contributed by atoms with Crippen LogP contribution in [0, 0.1) is 6.92 Å². The van der Waals surface area contributed by atoms with E-state index < -0.39 is 0 Å². The van der Waals surface area contributed by atoms with Crippen molar-refractivity contribution >= 4 is 17.3 Å². The van der Waals surface area contributed by atoms with Crippen LogP contribution in [0.15, 0.2) is 36.4 Å². The second kappa shape index (κ2) is 8.13. The van der Waals surface area contributed by atoms with Crippen molar-refractivity contribution in [1.29, 1.82) is 0 Å². The number of hydrogen-bond acceptors (Lipinski definition) is 4. The number of aryl methyl sites for hydroxylation is 1. The predicted molar refractivity (Wildman–Crippen MR) is 114 cm³/mol. The van der Waals surface area contributed by atoms with Gasteiger partial charge in [0.25, 0.3) is 5.91 Å². The lowest BCUT2D eigenvalue weighted by atomic mass is 10.0. The molecule has 0 bridgehead atoms. The van der Waals surface area contributed by atoms with E-state index in [2.05, 4.69) is 30.1 Å². The summed E-state index contributed by atoms with van der Waals surface area (Å²) in [5.41, 5.74) is 3.87. The Hall–Kier alpha value is -2.69. The molecule has 5 heteroatoms. The van der Waals surface area contributed by atoms with E-state index in [9.17, 15) is 4.79 Å². The Morgan fingerprint density at radius 3 is 2.64 bits per heavy atom. The van der Waals surface area contributed by atoms with Gasteiger partial charge in [-0.2, -0.15) is 0 Å². The van der Waals surface area contributed by atoms with Gasteiger partial charge in [-0.15, -0.1) is 0 Å². The normalized spacial score (nSPS) is 14.2. The molecule has 0 saturated carbocycles. The summed E-state index contributed by atoms with van der Waals surface area (Å²) in [6.45, 7) is 12.2. The number of amides is 1. The van der Waals surface area contributed by atoms with E-state index in [0.717, 1.165) is 47.8 Å². The third-order valence-corrected chi connectivity index (χ3v) is 5.03. The first-order valence-corrected chi connectivity index (χ1v) is 9.92. The van der Waals surface area contributed by atoms with E-state index >= 15 is 0 Å². The maximum atomic E-state index is 12.4. The Balaban J connectivity index is 1.63. The highest BCUT2D eigenvalue weighted by atomic mass is 16.5. The van der Waals surface area contributed by atoms with Gasteiger partial charge in [0.1, 0.15) is 5.60 Å². The third kappa shape index (κ3) is 4.41. The van der Waals surface area contributed by atoms with Crippen molar-refractivity contribution in [2.45, 2.75) is 46.6 Å². The molecule has 0 spiro atoms. The molecule has 0 fully saturated rings. The second-order valence-electron chi connectivity index (χ2n) is 7.79. The molecule has 2 aromatic carbocycles. The Kier molecular flexibility index (Phi) is 5.82. The summed E-state index contributed by atoms with van der Waals surface area (Å²) < 4.78 is 11.8. The standard InChI is InChI=1S/C23H30N2O3/c1-6-25(7-2)18-11-12-19(16(3)13-18)24-21(26)15-27-20-10-8-9-17-14-23(4,5)28-22(17)20/h8-13H,6-7,14-15H2,1-5H3,(H,24,26). The minimum absolute atomic E-state index is 0.0581. The number of para-hydroxylation sites is 1. The largest absolute Gasteiger partial charge is 0.483 e. The molecule has 0 radical (unpaired) electrons. The summed E-state index contributed by atoms with van der Waals surface area (Å²) in [6.07, 6.45) is 0.837. The number of anilines is 2. The van der Waals surface area contributed by atoms with E-state index in [-0.39, 0.29) is 18.1 Å². The average Bonchev–Trinajstić information content (AvgIpc) is 2.97. The minimum atomic E-state index is -0.242. The number of nitrogens with one attached hydrogen (secondary N) is 1. The summed E-state index contributed by atoms with van der Waals surface area (Å²) in [4.78, 5) is 14.7. The summed E-state index contributed by atoms with van der Waals surface area (Å²) in [7, 11) is 0. The molecule has 1 N–H and O–H groups in total.